The van der Waals surface area contributed by atoms with E-state index in [0.717, 1.165) is 37.2 Å². The summed E-state index contributed by atoms with van der Waals surface area (Å²) in [7, 11) is 3.51. The van der Waals surface area contributed by atoms with E-state index in [0.29, 0.717) is 5.56 Å². The summed E-state index contributed by atoms with van der Waals surface area (Å²) in [5.41, 5.74) is 1.57. The minimum absolute atomic E-state index is 0.0486. The highest BCUT2D eigenvalue weighted by Gasteiger charge is 2.28. The van der Waals surface area contributed by atoms with E-state index < -0.39 is 0 Å². The molecule has 2 atom stereocenters. The number of carbonyl (C=O) groups is 1. The Balaban J connectivity index is 2.12. The molecule has 2 rings (SSSR count). The average Bonchev–Trinajstić information content (AvgIpc) is 2.93. The van der Waals surface area contributed by atoms with E-state index in [1.165, 1.54) is 0 Å². The molecule has 1 aliphatic rings. The van der Waals surface area contributed by atoms with Crippen molar-refractivity contribution < 1.29 is 9.53 Å². The van der Waals surface area contributed by atoms with Crippen molar-refractivity contribution in [2.24, 2.45) is 0 Å². The first-order valence-corrected chi connectivity index (χ1v) is 7.20. The first kappa shape index (κ1) is 14.8. The van der Waals surface area contributed by atoms with Crippen LogP contribution in [0.2, 0.25) is 0 Å². The van der Waals surface area contributed by atoms with Crippen LogP contribution in [0.25, 0.3) is 0 Å². The van der Waals surface area contributed by atoms with Crippen molar-refractivity contribution in [1.82, 2.24) is 10.3 Å². The minimum Gasteiger partial charge on any atom is -0.379 e. The highest BCUT2D eigenvalue weighted by atomic mass is 16.5. The van der Waals surface area contributed by atoms with Crippen molar-refractivity contribution in [3.63, 3.8) is 0 Å². The predicted molar refractivity (Wildman–Crippen MR) is 79.1 cm³/mol. The van der Waals surface area contributed by atoms with E-state index >= 15 is 0 Å². The maximum absolute atomic E-state index is 12.4. The second kappa shape index (κ2) is 6.70. The lowest BCUT2D eigenvalue weighted by Crippen LogP contribution is -2.40. The van der Waals surface area contributed by atoms with Gasteiger partial charge in [0, 0.05) is 25.4 Å². The van der Waals surface area contributed by atoms with Gasteiger partial charge in [0.15, 0.2) is 0 Å². The van der Waals surface area contributed by atoms with Crippen LogP contribution in [-0.4, -0.2) is 37.2 Å². The average molecular weight is 277 g/mol. The Kier molecular flexibility index (Phi) is 4.95. The number of nitrogens with zero attached hydrogens (tertiary/aromatic N) is 1. The third-order valence-corrected chi connectivity index (χ3v) is 3.83. The van der Waals surface area contributed by atoms with Gasteiger partial charge in [-0.2, -0.15) is 0 Å². The smallest absolute Gasteiger partial charge is 0.251 e. The van der Waals surface area contributed by atoms with Crippen LogP contribution in [0, 0.1) is 0 Å². The van der Waals surface area contributed by atoms with Gasteiger partial charge in [-0.25, -0.2) is 4.98 Å². The van der Waals surface area contributed by atoms with Gasteiger partial charge in [-0.15, -0.1) is 0 Å². The lowest BCUT2D eigenvalue weighted by Gasteiger charge is -2.20. The molecule has 0 spiro atoms. The summed E-state index contributed by atoms with van der Waals surface area (Å²) in [5, 5.41) is 6.07. The Morgan fingerprint density at radius 3 is 2.90 bits per heavy atom. The molecule has 2 N–H and O–H groups in total. The van der Waals surface area contributed by atoms with Gasteiger partial charge in [-0.05, 0) is 37.8 Å². The van der Waals surface area contributed by atoms with Crippen LogP contribution in [0.3, 0.4) is 0 Å². The predicted octanol–water partition coefficient (Wildman–Crippen LogP) is 1.98. The topological polar surface area (TPSA) is 63.2 Å². The molecule has 1 aromatic heterocycles. The normalized spacial score (nSPS) is 21.8. The number of methoxy groups -OCH3 is 1. The third-order valence-electron chi connectivity index (χ3n) is 3.83. The second-order valence-corrected chi connectivity index (χ2v) is 5.12. The Bertz CT molecular complexity index is 454. The number of nitrogens with one attached hydrogen (secondary N) is 2. The van der Waals surface area contributed by atoms with E-state index in [1.54, 1.807) is 20.2 Å². The van der Waals surface area contributed by atoms with E-state index in [2.05, 4.69) is 15.6 Å². The molecule has 1 aliphatic carbocycles. The SMILES string of the molecule is CCc1cc(C(=O)NC2CCCC2OC)cc(NC)n1. The quantitative estimate of drug-likeness (QED) is 0.864. The monoisotopic (exact) mass is 277 g/mol. The highest BCUT2D eigenvalue weighted by molar-refractivity contribution is 5.95. The number of ether oxygens (including phenoxy) is 1. The zero-order chi connectivity index (χ0) is 14.5. The first-order valence-electron chi connectivity index (χ1n) is 7.20. The molecule has 0 radical (unpaired) electrons. The van der Waals surface area contributed by atoms with Gasteiger partial charge in [-0.1, -0.05) is 6.92 Å². The third kappa shape index (κ3) is 3.28. The maximum atomic E-state index is 12.4. The summed E-state index contributed by atoms with van der Waals surface area (Å²) >= 11 is 0. The molecular weight excluding hydrogens is 254 g/mol. The first-order chi connectivity index (χ1) is 9.67. The minimum atomic E-state index is -0.0486. The van der Waals surface area contributed by atoms with E-state index in [-0.39, 0.29) is 18.1 Å². The molecule has 2 unspecified atom stereocenters. The second-order valence-electron chi connectivity index (χ2n) is 5.12. The van der Waals surface area contributed by atoms with Crippen molar-refractivity contribution >= 4 is 11.7 Å². The Hall–Kier alpha value is -1.62. The van der Waals surface area contributed by atoms with Crippen molar-refractivity contribution in [1.29, 1.82) is 0 Å². The van der Waals surface area contributed by atoms with Crippen LogP contribution >= 0.6 is 0 Å². The van der Waals surface area contributed by atoms with Gasteiger partial charge in [0.05, 0.1) is 12.1 Å². The van der Waals surface area contributed by atoms with Crippen LogP contribution in [0.4, 0.5) is 5.82 Å². The zero-order valence-corrected chi connectivity index (χ0v) is 12.4. The molecule has 1 heterocycles. The summed E-state index contributed by atoms with van der Waals surface area (Å²) < 4.78 is 5.41. The maximum Gasteiger partial charge on any atom is 0.251 e. The summed E-state index contributed by atoms with van der Waals surface area (Å²) in [4.78, 5) is 16.8. The van der Waals surface area contributed by atoms with Crippen molar-refractivity contribution in [3.8, 4) is 0 Å². The van der Waals surface area contributed by atoms with Crippen molar-refractivity contribution in [2.75, 3.05) is 19.5 Å². The molecule has 0 aromatic carbocycles. The molecular formula is C15H23N3O2. The van der Waals surface area contributed by atoms with Crippen molar-refractivity contribution in [2.45, 2.75) is 44.8 Å². The van der Waals surface area contributed by atoms with Crippen LogP contribution in [-0.2, 0) is 11.2 Å². The molecule has 1 saturated carbocycles. The number of anilines is 1. The molecule has 0 saturated heterocycles. The lowest BCUT2D eigenvalue weighted by molar-refractivity contribution is 0.0722. The summed E-state index contributed by atoms with van der Waals surface area (Å²) in [6, 6.07) is 3.75. The lowest BCUT2D eigenvalue weighted by atomic mass is 10.1. The molecule has 110 valence electrons. The number of hydrogen-bond donors (Lipinski definition) is 2. The van der Waals surface area contributed by atoms with Gasteiger partial charge in [0.2, 0.25) is 0 Å². The summed E-state index contributed by atoms with van der Waals surface area (Å²) in [5.74, 6) is 0.678. The number of carbonyl (C=O) groups excluding carboxylic acids is 1. The van der Waals surface area contributed by atoms with Gasteiger partial charge in [0.25, 0.3) is 5.91 Å². The van der Waals surface area contributed by atoms with Crippen LogP contribution in [0.1, 0.15) is 42.2 Å². The Labute approximate surface area is 120 Å². The van der Waals surface area contributed by atoms with Crippen LogP contribution in [0.5, 0.6) is 0 Å². The number of aromatic nitrogens is 1. The van der Waals surface area contributed by atoms with Crippen LogP contribution < -0.4 is 10.6 Å². The highest BCUT2D eigenvalue weighted by Crippen LogP contribution is 2.22. The van der Waals surface area contributed by atoms with E-state index in [4.69, 9.17) is 4.74 Å². The van der Waals surface area contributed by atoms with E-state index in [9.17, 15) is 4.79 Å². The summed E-state index contributed by atoms with van der Waals surface area (Å²) in [6.07, 6.45) is 4.03. The molecule has 0 bridgehead atoms. The molecule has 5 nitrogen and oxygen atoms in total. The van der Waals surface area contributed by atoms with E-state index in [1.807, 2.05) is 13.0 Å². The Morgan fingerprint density at radius 1 is 1.45 bits per heavy atom. The molecule has 0 aliphatic heterocycles. The number of aryl methyl sites for hydroxylation is 1. The number of hydrogen-bond acceptors (Lipinski definition) is 4. The zero-order valence-electron chi connectivity index (χ0n) is 12.4. The Morgan fingerprint density at radius 2 is 2.25 bits per heavy atom. The number of amides is 1. The van der Waals surface area contributed by atoms with Gasteiger partial charge in [0.1, 0.15) is 5.82 Å². The fourth-order valence-corrected chi connectivity index (χ4v) is 2.65. The van der Waals surface area contributed by atoms with Crippen LogP contribution in [0.15, 0.2) is 12.1 Å². The molecule has 1 aromatic rings. The van der Waals surface area contributed by atoms with Crippen molar-refractivity contribution in [3.05, 3.63) is 23.4 Å². The molecule has 1 fully saturated rings. The summed E-state index contributed by atoms with van der Waals surface area (Å²) in [6.45, 7) is 2.03. The fourth-order valence-electron chi connectivity index (χ4n) is 2.65. The molecule has 1 amide bonds. The van der Waals surface area contributed by atoms with Gasteiger partial charge < -0.3 is 15.4 Å². The number of pyridine rings is 1. The van der Waals surface area contributed by atoms with Gasteiger partial charge in [-0.3, -0.25) is 4.79 Å². The number of rotatable bonds is 5. The fraction of sp³-hybridized carbons (Fsp3) is 0.600. The largest absolute Gasteiger partial charge is 0.379 e. The molecule has 5 heteroatoms. The van der Waals surface area contributed by atoms with Gasteiger partial charge >= 0.3 is 0 Å². The standard InChI is InChI=1S/C15H23N3O2/c1-4-11-8-10(9-14(16-2)17-11)15(19)18-12-6-5-7-13(12)20-3/h8-9,12-13H,4-7H2,1-3H3,(H,16,17)(H,18,19). The molecule has 20 heavy (non-hydrogen) atoms.